The fourth-order valence-electron chi connectivity index (χ4n) is 1.49. The van der Waals surface area contributed by atoms with Gasteiger partial charge >= 0.3 is 5.69 Å². The van der Waals surface area contributed by atoms with Gasteiger partial charge in [0.05, 0.1) is 4.92 Å². The van der Waals surface area contributed by atoms with Crippen molar-refractivity contribution in [3.05, 3.63) is 62.6 Å². The highest BCUT2D eigenvalue weighted by Gasteiger charge is 2.16. The molecule has 19 heavy (non-hydrogen) atoms. The largest absolute Gasteiger partial charge is 0.450 e. The second-order valence-corrected chi connectivity index (χ2v) is 4.93. The summed E-state index contributed by atoms with van der Waals surface area (Å²) in [5, 5.41) is 11.0. The molecule has 4 nitrogen and oxygen atoms in total. The van der Waals surface area contributed by atoms with Crippen molar-refractivity contribution in [2.24, 2.45) is 0 Å². The van der Waals surface area contributed by atoms with E-state index in [1.54, 1.807) is 24.3 Å². The van der Waals surface area contributed by atoms with E-state index in [2.05, 4.69) is 15.9 Å². The fourth-order valence-corrected chi connectivity index (χ4v) is 2.02. The lowest BCUT2D eigenvalue weighted by Crippen LogP contribution is -1.93. The molecule has 2 aromatic carbocycles. The van der Waals surface area contributed by atoms with Crippen molar-refractivity contribution in [2.75, 3.05) is 0 Å². The predicted molar refractivity (Wildman–Crippen MR) is 76.9 cm³/mol. The van der Waals surface area contributed by atoms with Gasteiger partial charge in [0, 0.05) is 16.4 Å². The zero-order valence-corrected chi connectivity index (χ0v) is 12.0. The van der Waals surface area contributed by atoms with Crippen molar-refractivity contribution in [3.63, 3.8) is 0 Å². The molecule has 2 aromatic rings. The normalized spacial score (nSPS) is 10.2. The third-order valence-electron chi connectivity index (χ3n) is 2.42. The Morgan fingerprint density at radius 1 is 1.21 bits per heavy atom. The summed E-state index contributed by atoms with van der Waals surface area (Å²) in [6.45, 7) is 0. The van der Waals surface area contributed by atoms with Gasteiger partial charge in [-0.25, -0.2) is 0 Å². The summed E-state index contributed by atoms with van der Waals surface area (Å²) in [4.78, 5) is 10.5. The van der Waals surface area contributed by atoms with Crippen molar-refractivity contribution in [1.29, 1.82) is 0 Å². The number of hydrogen-bond donors (Lipinski definition) is 0. The van der Waals surface area contributed by atoms with Gasteiger partial charge in [0.15, 0.2) is 0 Å². The van der Waals surface area contributed by atoms with E-state index in [4.69, 9.17) is 16.3 Å². The molecule has 0 atom stereocenters. The number of ether oxygens (including phenoxy) is 1. The molecule has 0 unspecified atom stereocenters. The summed E-state index contributed by atoms with van der Waals surface area (Å²) in [5.41, 5.74) is 0.870. The summed E-state index contributed by atoms with van der Waals surface area (Å²) < 4.78 is 6.15. The Morgan fingerprint density at radius 2 is 1.89 bits per heavy atom. The number of nitrogens with zero attached hydrogens (tertiary/aromatic N) is 1. The third-order valence-corrected chi connectivity index (χ3v) is 3.23. The fraction of sp³-hybridized carbons (Fsp3) is 0.0769. The number of halogens is 2. The minimum atomic E-state index is -0.479. The summed E-state index contributed by atoms with van der Waals surface area (Å²) >= 11 is 8.88. The van der Waals surface area contributed by atoms with Crippen LogP contribution in [-0.2, 0) is 5.88 Å². The van der Waals surface area contributed by atoms with Gasteiger partial charge in [0.25, 0.3) is 0 Å². The van der Waals surface area contributed by atoms with Crippen LogP contribution in [0, 0.1) is 10.1 Å². The van der Waals surface area contributed by atoms with Crippen LogP contribution in [0.3, 0.4) is 0 Å². The molecule has 0 saturated carbocycles. The summed E-state index contributed by atoms with van der Waals surface area (Å²) in [5.74, 6) is 1.14. The molecule has 98 valence electrons. The molecule has 0 aliphatic carbocycles. The first-order valence-corrected chi connectivity index (χ1v) is 6.69. The molecule has 0 aromatic heterocycles. The molecule has 0 spiro atoms. The smallest absolute Gasteiger partial charge is 0.312 e. The Labute approximate surface area is 123 Å². The minimum Gasteiger partial charge on any atom is -0.450 e. The molecule has 6 heteroatoms. The van der Waals surface area contributed by atoms with Gasteiger partial charge in [-0.05, 0) is 29.8 Å². The molecule has 0 amide bonds. The Morgan fingerprint density at radius 3 is 2.47 bits per heavy atom. The lowest BCUT2D eigenvalue weighted by Gasteiger charge is -2.07. The van der Waals surface area contributed by atoms with Crippen molar-refractivity contribution in [2.45, 2.75) is 5.88 Å². The van der Waals surface area contributed by atoms with Crippen molar-refractivity contribution in [3.8, 4) is 11.5 Å². The van der Waals surface area contributed by atoms with Gasteiger partial charge < -0.3 is 4.74 Å². The number of benzene rings is 2. The van der Waals surface area contributed by atoms with Gasteiger partial charge in [-0.2, -0.15) is 0 Å². The lowest BCUT2D eigenvalue weighted by atomic mass is 10.2. The Balaban J connectivity index is 2.29. The van der Waals surface area contributed by atoms with E-state index >= 15 is 0 Å². The minimum absolute atomic E-state index is 0.0872. The van der Waals surface area contributed by atoms with Gasteiger partial charge in [-0.1, -0.05) is 28.1 Å². The maximum atomic E-state index is 11.0. The monoisotopic (exact) mass is 341 g/mol. The van der Waals surface area contributed by atoms with Crippen molar-refractivity contribution in [1.82, 2.24) is 0 Å². The number of nitro benzene ring substituents is 1. The summed E-state index contributed by atoms with van der Waals surface area (Å²) in [6.07, 6.45) is 0. The van der Waals surface area contributed by atoms with Crippen LogP contribution in [0.2, 0.25) is 0 Å². The zero-order chi connectivity index (χ0) is 13.8. The molecule has 0 fully saturated rings. The van der Waals surface area contributed by atoms with Gasteiger partial charge in [0.2, 0.25) is 5.75 Å². The molecule has 0 saturated heterocycles. The van der Waals surface area contributed by atoms with E-state index in [0.29, 0.717) is 16.1 Å². The van der Waals surface area contributed by atoms with Crippen LogP contribution < -0.4 is 4.74 Å². The number of nitro groups is 1. The first-order valence-electron chi connectivity index (χ1n) is 5.37. The van der Waals surface area contributed by atoms with Crippen LogP contribution in [0.25, 0.3) is 0 Å². The SMILES string of the molecule is O=[N+]([O-])c1cc(Br)ccc1Oc1ccc(CCl)cc1. The molecule has 2 rings (SSSR count). The van der Waals surface area contributed by atoms with E-state index in [0.717, 1.165) is 5.56 Å². The van der Waals surface area contributed by atoms with Crippen LogP contribution >= 0.6 is 27.5 Å². The maximum absolute atomic E-state index is 11.0. The Hall–Kier alpha value is -1.59. The number of hydrogen-bond acceptors (Lipinski definition) is 3. The Bertz CT molecular complexity index is 601. The van der Waals surface area contributed by atoms with Crippen LogP contribution in [0.5, 0.6) is 11.5 Å². The summed E-state index contributed by atoms with van der Waals surface area (Å²) in [6, 6.07) is 11.7. The van der Waals surface area contributed by atoms with Crippen LogP contribution in [0.4, 0.5) is 5.69 Å². The van der Waals surface area contributed by atoms with Crippen LogP contribution in [0.15, 0.2) is 46.9 Å². The highest BCUT2D eigenvalue weighted by Crippen LogP contribution is 2.33. The maximum Gasteiger partial charge on any atom is 0.312 e. The zero-order valence-electron chi connectivity index (χ0n) is 9.68. The number of rotatable bonds is 4. The van der Waals surface area contributed by atoms with E-state index in [-0.39, 0.29) is 11.4 Å². The molecular formula is C13H9BrClNO3. The van der Waals surface area contributed by atoms with Crippen LogP contribution in [-0.4, -0.2) is 4.92 Å². The second-order valence-electron chi connectivity index (χ2n) is 3.75. The molecule has 0 heterocycles. The van der Waals surface area contributed by atoms with E-state index in [9.17, 15) is 10.1 Å². The van der Waals surface area contributed by atoms with Crippen molar-refractivity contribution >= 4 is 33.2 Å². The van der Waals surface area contributed by atoms with Gasteiger partial charge in [0.1, 0.15) is 5.75 Å². The first-order chi connectivity index (χ1) is 9.10. The lowest BCUT2D eigenvalue weighted by molar-refractivity contribution is -0.385. The highest BCUT2D eigenvalue weighted by molar-refractivity contribution is 9.10. The second kappa shape index (κ2) is 6.04. The number of alkyl halides is 1. The van der Waals surface area contributed by atoms with E-state index in [1.165, 1.54) is 6.07 Å². The molecule has 0 radical (unpaired) electrons. The molecule has 0 N–H and O–H groups in total. The van der Waals surface area contributed by atoms with Gasteiger partial charge in [-0.15, -0.1) is 11.6 Å². The first kappa shape index (κ1) is 13.8. The quantitative estimate of drug-likeness (QED) is 0.451. The standard InChI is InChI=1S/C13H9BrClNO3/c14-10-3-6-13(12(7-10)16(17)18)19-11-4-1-9(8-15)2-5-11/h1-7H,8H2. The summed E-state index contributed by atoms with van der Waals surface area (Å²) in [7, 11) is 0. The van der Waals surface area contributed by atoms with E-state index in [1.807, 2.05) is 12.1 Å². The molecular weight excluding hydrogens is 334 g/mol. The van der Waals surface area contributed by atoms with E-state index < -0.39 is 4.92 Å². The van der Waals surface area contributed by atoms with Crippen LogP contribution in [0.1, 0.15) is 5.56 Å². The topological polar surface area (TPSA) is 52.4 Å². The van der Waals surface area contributed by atoms with Gasteiger partial charge in [-0.3, -0.25) is 10.1 Å². The molecule has 0 aliphatic heterocycles. The highest BCUT2D eigenvalue weighted by atomic mass is 79.9. The third kappa shape index (κ3) is 3.45. The average Bonchev–Trinajstić information content (AvgIpc) is 2.41. The molecule has 0 aliphatic rings. The predicted octanol–water partition coefficient (Wildman–Crippen LogP) is 4.89. The van der Waals surface area contributed by atoms with Crippen molar-refractivity contribution < 1.29 is 9.66 Å². The average molecular weight is 343 g/mol. The molecule has 0 bridgehead atoms. The Kier molecular flexibility index (Phi) is 4.39.